The van der Waals surface area contributed by atoms with Crippen LogP contribution in [0, 0.1) is 5.92 Å². The highest BCUT2D eigenvalue weighted by atomic mass is 16.4. The van der Waals surface area contributed by atoms with Crippen molar-refractivity contribution in [2.45, 2.75) is 45.3 Å². The topological polar surface area (TPSA) is 77.9 Å². The SMILES string of the molecule is CC(C)CC(C(=O)O)N1C(=O)C(Cc2ccccc2)N(Cc2cccc3ccccc23)C1=O. The normalized spacial score (nSPS) is 17.2. The van der Waals surface area contributed by atoms with Crippen LogP contribution in [0.2, 0.25) is 0 Å². The van der Waals surface area contributed by atoms with Gasteiger partial charge < -0.3 is 10.0 Å². The molecule has 0 spiro atoms. The zero-order valence-corrected chi connectivity index (χ0v) is 18.8. The first-order valence-electron chi connectivity index (χ1n) is 11.2. The van der Waals surface area contributed by atoms with Crippen LogP contribution >= 0.6 is 0 Å². The lowest BCUT2D eigenvalue weighted by atomic mass is 10.0. The van der Waals surface area contributed by atoms with Crippen LogP contribution in [0.25, 0.3) is 10.8 Å². The van der Waals surface area contributed by atoms with E-state index in [1.807, 2.05) is 86.6 Å². The van der Waals surface area contributed by atoms with Gasteiger partial charge in [0.15, 0.2) is 0 Å². The van der Waals surface area contributed by atoms with Gasteiger partial charge in [-0.05, 0) is 34.2 Å². The second-order valence-electron chi connectivity index (χ2n) is 8.95. The molecule has 1 saturated heterocycles. The second kappa shape index (κ2) is 9.45. The van der Waals surface area contributed by atoms with E-state index in [1.165, 1.54) is 4.90 Å². The summed E-state index contributed by atoms with van der Waals surface area (Å²) in [5.41, 5.74) is 1.84. The number of rotatable bonds is 8. The van der Waals surface area contributed by atoms with Gasteiger partial charge in [-0.3, -0.25) is 4.79 Å². The molecule has 6 heteroatoms. The zero-order valence-electron chi connectivity index (χ0n) is 18.8. The number of hydrogen-bond donors (Lipinski definition) is 1. The molecule has 0 bridgehead atoms. The number of benzene rings is 3. The van der Waals surface area contributed by atoms with Gasteiger partial charge in [-0.15, -0.1) is 0 Å². The van der Waals surface area contributed by atoms with Gasteiger partial charge in [-0.1, -0.05) is 86.6 Å². The number of carbonyl (C=O) groups excluding carboxylic acids is 2. The van der Waals surface area contributed by atoms with E-state index in [0.29, 0.717) is 6.42 Å². The summed E-state index contributed by atoms with van der Waals surface area (Å²) in [6, 6.07) is 20.8. The largest absolute Gasteiger partial charge is 0.480 e. The van der Waals surface area contributed by atoms with Crippen molar-refractivity contribution in [3.05, 3.63) is 83.9 Å². The molecule has 3 aromatic carbocycles. The van der Waals surface area contributed by atoms with Crippen molar-refractivity contribution in [3.63, 3.8) is 0 Å². The molecule has 0 aliphatic carbocycles. The average Bonchev–Trinajstić information content (AvgIpc) is 3.02. The third-order valence-electron chi connectivity index (χ3n) is 6.13. The average molecular weight is 445 g/mol. The van der Waals surface area contributed by atoms with Crippen molar-refractivity contribution in [2.24, 2.45) is 5.92 Å². The van der Waals surface area contributed by atoms with Crippen LogP contribution in [0.15, 0.2) is 72.8 Å². The molecular weight excluding hydrogens is 416 g/mol. The van der Waals surface area contributed by atoms with Crippen LogP contribution in [0.1, 0.15) is 31.4 Å². The number of hydrogen-bond acceptors (Lipinski definition) is 3. The smallest absolute Gasteiger partial charge is 0.328 e. The fraction of sp³-hybridized carbons (Fsp3) is 0.296. The number of fused-ring (bicyclic) bond motifs is 1. The highest BCUT2D eigenvalue weighted by Crippen LogP contribution is 2.29. The molecule has 0 aromatic heterocycles. The van der Waals surface area contributed by atoms with Crippen LogP contribution in [-0.4, -0.2) is 44.9 Å². The maximum absolute atomic E-state index is 13.6. The Balaban J connectivity index is 1.73. The quantitative estimate of drug-likeness (QED) is 0.510. The number of urea groups is 1. The Kier molecular flexibility index (Phi) is 6.45. The second-order valence-corrected chi connectivity index (χ2v) is 8.95. The minimum absolute atomic E-state index is 0.0198. The number of carboxylic acid groups (broad SMARTS) is 1. The lowest BCUT2D eigenvalue weighted by Gasteiger charge is -2.25. The summed E-state index contributed by atoms with van der Waals surface area (Å²) in [6.45, 7) is 4.00. The summed E-state index contributed by atoms with van der Waals surface area (Å²) >= 11 is 0. The van der Waals surface area contributed by atoms with Crippen molar-refractivity contribution >= 4 is 28.7 Å². The highest BCUT2D eigenvalue weighted by Gasteiger charge is 2.49. The molecular formula is C27H28N2O4. The standard InChI is InChI=1S/C27H28N2O4/c1-18(2)15-24(26(31)32)29-25(30)23(16-19-9-4-3-5-10-19)28(27(29)33)17-21-13-8-12-20-11-6-7-14-22(20)21/h3-14,18,23-24H,15-17H2,1-2H3,(H,31,32). The molecule has 33 heavy (non-hydrogen) atoms. The molecule has 6 nitrogen and oxygen atoms in total. The van der Waals surface area contributed by atoms with E-state index in [2.05, 4.69) is 0 Å². The number of nitrogens with zero attached hydrogens (tertiary/aromatic N) is 2. The molecule has 2 unspecified atom stereocenters. The molecule has 3 amide bonds. The minimum Gasteiger partial charge on any atom is -0.480 e. The fourth-order valence-electron chi connectivity index (χ4n) is 4.54. The first-order valence-corrected chi connectivity index (χ1v) is 11.2. The summed E-state index contributed by atoms with van der Waals surface area (Å²) in [6.07, 6.45) is 0.549. The van der Waals surface area contributed by atoms with E-state index in [0.717, 1.165) is 26.8 Å². The zero-order chi connectivity index (χ0) is 23.5. The van der Waals surface area contributed by atoms with E-state index in [9.17, 15) is 19.5 Å². The molecule has 1 aliphatic heterocycles. The number of amides is 3. The van der Waals surface area contributed by atoms with Gasteiger partial charge in [0.25, 0.3) is 5.91 Å². The molecule has 3 aromatic rings. The van der Waals surface area contributed by atoms with E-state index in [1.54, 1.807) is 0 Å². The summed E-state index contributed by atoms with van der Waals surface area (Å²) < 4.78 is 0. The predicted molar refractivity (Wildman–Crippen MR) is 127 cm³/mol. The van der Waals surface area contributed by atoms with Gasteiger partial charge in [0, 0.05) is 13.0 Å². The van der Waals surface area contributed by atoms with Crippen molar-refractivity contribution in [1.29, 1.82) is 0 Å². The Hall–Kier alpha value is -3.67. The first-order chi connectivity index (χ1) is 15.9. The van der Waals surface area contributed by atoms with Crippen molar-refractivity contribution in [1.82, 2.24) is 9.80 Å². The Bertz CT molecular complexity index is 1170. The summed E-state index contributed by atoms with van der Waals surface area (Å²) in [7, 11) is 0. The van der Waals surface area contributed by atoms with E-state index in [4.69, 9.17) is 0 Å². The van der Waals surface area contributed by atoms with Crippen LogP contribution in [-0.2, 0) is 22.6 Å². The van der Waals surface area contributed by atoms with E-state index >= 15 is 0 Å². The van der Waals surface area contributed by atoms with Crippen LogP contribution < -0.4 is 0 Å². The number of carbonyl (C=O) groups is 3. The van der Waals surface area contributed by atoms with Gasteiger partial charge in [-0.2, -0.15) is 0 Å². The molecule has 4 rings (SSSR count). The van der Waals surface area contributed by atoms with Crippen molar-refractivity contribution in [2.75, 3.05) is 0 Å². The summed E-state index contributed by atoms with van der Waals surface area (Å²) in [4.78, 5) is 41.6. The van der Waals surface area contributed by atoms with Crippen molar-refractivity contribution in [3.8, 4) is 0 Å². The van der Waals surface area contributed by atoms with Gasteiger partial charge >= 0.3 is 12.0 Å². The van der Waals surface area contributed by atoms with Gasteiger partial charge in [0.05, 0.1) is 0 Å². The van der Waals surface area contributed by atoms with E-state index in [-0.39, 0.29) is 18.9 Å². The Morgan fingerprint density at radius 1 is 0.939 bits per heavy atom. The maximum Gasteiger partial charge on any atom is 0.328 e. The summed E-state index contributed by atoms with van der Waals surface area (Å²) in [5, 5.41) is 11.9. The molecule has 1 heterocycles. The maximum atomic E-state index is 13.6. The number of aliphatic carboxylic acids is 1. The van der Waals surface area contributed by atoms with Crippen molar-refractivity contribution < 1.29 is 19.5 Å². The lowest BCUT2D eigenvalue weighted by Crippen LogP contribution is -2.46. The number of imide groups is 1. The molecule has 2 atom stereocenters. The van der Waals surface area contributed by atoms with Crippen LogP contribution in [0.4, 0.5) is 4.79 Å². The molecule has 1 fully saturated rings. The Morgan fingerprint density at radius 2 is 1.61 bits per heavy atom. The molecule has 0 saturated carbocycles. The van der Waals surface area contributed by atoms with Gasteiger partial charge in [0.2, 0.25) is 0 Å². The third-order valence-corrected chi connectivity index (χ3v) is 6.13. The summed E-state index contributed by atoms with van der Waals surface area (Å²) in [5.74, 6) is -1.58. The van der Waals surface area contributed by atoms with Crippen LogP contribution in [0.3, 0.4) is 0 Å². The first kappa shape index (κ1) is 22.5. The molecule has 1 aliphatic rings. The monoisotopic (exact) mass is 444 g/mol. The molecule has 0 radical (unpaired) electrons. The molecule has 170 valence electrons. The van der Waals surface area contributed by atoms with Crippen LogP contribution in [0.5, 0.6) is 0 Å². The lowest BCUT2D eigenvalue weighted by molar-refractivity contribution is -0.147. The number of carboxylic acids is 1. The van der Waals surface area contributed by atoms with Gasteiger partial charge in [0.1, 0.15) is 12.1 Å². The van der Waals surface area contributed by atoms with E-state index < -0.39 is 30.0 Å². The Labute approximate surface area is 193 Å². The molecule has 1 N–H and O–H groups in total. The Morgan fingerprint density at radius 3 is 2.30 bits per heavy atom. The third kappa shape index (κ3) is 4.60. The van der Waals surface area contributed by atoms with Gasteiger partial charge in [-0.25, -0.2) is 14.5 Å². The highest BCUT2D eigenvalue weighted by molar-refractivity contribution is 6.07. The fourth-order valence-corrected chi connectivity index (χ4v) is 4.54. The predicted octanol–water partition coefficient (Wildman–Crippen LogP) is 4.71. The minimum atomic E-state index is -1.18.